The number of sulfone groups is 1. The van der Waals surface area contributed by atoms with Gasteiger partial charge in [-0.15, -0.1) is 0 Å². The molecule has 1 aromatic carbocycles. The fourth-order valence-corrected chi connectivity index (χ4v) is 6.27. The lowest BCUT2D eigenvalue weighted by Gasteiger charge is -2.42. The molecule has 1 atom stereocenters. The number of amides is 1. The fraction of sp³-hybridized carbons (Fsp3) is 0.435. The SMILES string of the molecule is COC1CCC([C@](NCc2ccncc2)(C(=O)NO)S(=O)(=O)c2ccccc2)CC1.O=C(O)C(F)(F)F. The Labute approximate surface area is 211 Å². The number of nitrogens with one attached hydrogen (secondary N) is 2. The molecule has 0 aliphatic heterocycles. The van der Waals surface area contributed by atoms with Gasteiger partial charge in [-0.2, -0.15) is 13.2 Å². The zero-order valence-electron chi connectivity index (χ0n) is 19.8. The number of nitrogens with zero attached hydrogens (tertiary/aromatic N) is 1. The minimum Gasteiger partial charge on any atom is -0.475 e. The third-order valence-electron chi connectivity index (χ3n) is 6.05. The number of aliphatic carboxylic acids is 1. The Hall–Kier alpha value is -3.07. The minimum atomic E-state index is -5.08. The Morgan fingerprint density at radius 2 is 1.59 bits per heavy atom. The van der Waals surface area contributed by atoms with E-state index >= 15 is 0 Å². The van der Waals surface area contributed by atoms with Gasteiger partial charge in [0.05, 0.1) is 11.0 Å². The molecule has 204 valence electrons. The molecular formula is C23H28F3N3O7S. The van der Waals surface area contributed by atoms with Crippen LogP contribution in [-0.4, -0.2) is 59.9 Å². The van der Waals surface area contributed by atoms with E-state index in [0.29, 0.717) is 25.7 Å². The van der Waals surface area contributed by atoms with Crippen molar-refractivity contribution >= 4 is 21.7 Å². The van der Waals surface area contributed by atoms with Crippen LogP contribution in [0.3, 0.4) is 0 Å². The molecule has 1 aromatic heterocycles. The molecule has 1 fully saturated rings. The number of carbonyl (C=O) groups excluding carboxylic acids is 1. The summed E-state index contributed by atoms with van der Waals surface area (Å²) in [6.07, 6.45) is 0.311. The van der Waals surface area contributed by atoms with Crippen LogP contribution in [0.2, 0.25) is 0 Å². The third kappa shape index (κ3) is 7.25. The first kappa shape index (κ1) is 30.2. The molecule has 0 spiro atoms. The zero-order chi connectivity index (χ0) is 27.7. The lowest BCUT2D eigenvalue weighted by Crippen LogP contribution is -2.66. The molecule has 1 aliphatic carbocycles. The van der Waals surface area contributed by atoms with Crippen molar-refractivity contribution < 1.29 is 46.2 Å². The molecule has 1 heterocycles. The third-order valence-corrected chi connectivity index (χ3v) is 8.45. The molecule has 4 N–H and O–H groups in total. The standard InChI is InChI=1S/C21H27N3O5S.C2HF3O2/c1-29-18-9-7-17(8-10-18)21(20(25)24-26,23-15-16-11-13-22-14-12-16)30(27,28)19-5-3-2-4-6-19;3-2(4,5)1(6)7/h2-6,11-14,17-18,23,26H,7-10,15H2,1H3,(H,24,25);(H,6,7)/t17?,18?,21-;/m1./s1. The van der Waals surface area contributed by atoms with Crippen LogP contribution < -0.4 is 10.8 Å². The van der Waals surface area contributed by atoms with Gasteiger partial charge >= 0.3 is 12.1 Å². The maximum absolute atomic E-state index is 13.8. The van der Waals surface area contributed by atoms with Crippen LogP contribution in [0, 0.1) is 5.92 Å². The monoisotopic (exact) mass is 547 g/mol. The van der Waals surface area contributed by atoms with Crippen LogP contribution in [0.4, 0.5) is 13.2 Å². The van der Waals surface area contributed by atoms with Gasteiger partial charge in [-0.1, -0.05) is 18.2 Å². The van der Waals surface area contributed by atoms with E-state index < -0.39 is 38.7 Å². The van der Waals surface area contributed by atoms with E-state index in [4.69, 9.17) is 14.6 Å². The number of aromatic nitrogens is 1. The van der Waals surface area contributed by atoms with E-state index in [-0.39, 0.29) is 17.5 Å². The summed E-state index contributed by atoms with van der Waals surface area (Å²) in [5.41, 5.74) is 2.39. The molecule has 0 bridgehead atoms. The molecule has 2 aromatic rings. The number of alkyl halides is 3. The smallest absolute Gasteiger partial charge is 0.475 e. The van der Waals surface area contributed by atoms with Crippen molar-refractivity contribution in [1.82, 2.24) is 15.8 Å². The summed E-state index contributed by atoms with van der Waals surface area (Å²) in [5.74, 6) is -4.29. The van der Waals surface area contributed by atoms with Gasteiger partial charge in [0, 0.05) is 32.0 Å². The van der Waals surface area contributed by atoms with Crippen molar-refractivity contribution in [2.75, 3.05) is 7.11 Å². The van der Waals surface area contributed by atoms with E-state index in [1.54, 1.807) is 55.3 Å². The van der Waals surface area contributed by atoms with Gasteiger partial charge in [-0.05, 0) is 55.5 Å². The number of carbonyl (C=O) groups is 2. The van der Waals surface area contributed by atoms with Gasteiger partial charge in [0.1, 0.15) is 0 Å². The Morgan fingerprint density at radius 1 is 1.05 bits per heavy atom. The predicted octanol–water partition coefficient (Wildman–Crippen LogP) is 2.69. The van der Waals surface area contributed by atoms with Gasteiger partial charge in [-0.25, -0.2) is 18.7 Å². The summed E-state index contributed by atoms with van der Waals surface area (Å²) in [6.45, 7) is 0.117. The summed E-state index contributed by atoms with van der Waals surface area (Å²) in [6, 6.07) is 11.3. The number of pyridine rings is 1. The Kier molecular flexibility index (Phi) is 10.5. The quantitative estimate of drug-likeness (QED) is 0.288. The first-order valence-corrected chi connectivity index (χ1v) is 12.6. The van der Waals surface area contributed by atoms with Crippen molar-refractivity contribution in [3.05, 3.63) is 60.4 Å². The molecule has 14 heteroatoms. The summed E-state index contributed by atoms with van der Waals surface area (Å²) in [4.78, 5) is 23.9. The lowest BCUT2D eigenvalue weighted by atomic mass is 9.81. The Balaban J connectivity index is 0.000000604. The van der Waals surface area contributed by atoms with Crippen molar-refractivity contribution in [2.24, 2.45) is 5.92 Å². The van der Waals surface area contributed by atoms with E-state index in [1.165, 1.54) is 12.1 Å². The largest absolute Gasteiger partial charge is 0.490 e. The van der Waals surface area contributed by atoms with E-state index in [9.17, 15) is 31.6 Å². The number of halogens is 3. The highest BCUT2D eigenvalue weighted by atomic mass is 32.2. The summed E-state index contributed by atoms with van der Waals surface area (Å²) in [7, 11) is -2.58. The summed E-state index contributed by atoms with van der Waals surface area (Å²) in [5, 5.41) is 19.7. The molecule has 10 nitrogen and oxygen atoms in total. The molecule has 0 saturated heterocycles. The molecule has 3 rings (SSSR count). The van der Waals surface area contributed by atoms with Crippen molar-refractivity contribution in [2.45, 2.75) is 54.3 Å². The van der Waals surface area contributed by atoms with Crippen LogP contribution in [0.1, 0.15) is 31.2 Å². The minimum absolute atomic E-state index is 0.0182. The predicted molar refractivity (Wildman–Crippen MR) is 124 cm³/mol. The molecule has 1 aliphatic rings. The number of rotatable bonds is 8. The van der Waals surface area contributed by atoms with Crippen LogP contribution in [0.25, 0.3) is 0 Å². The molecule has 1 amide bonds. The number of hydroxylamine groups is 1. The average molecular weight is 548 g/mol. The molecule has 0 unspecified atom stereocenters. The zero-order valence-corrected chi connectivity index (χ0v) is 20.6. The molecule has 0 radical (unpaired) electrons. The van der Waals surface area contributed by atoms with E-state index in [1.807, 2.05) is 0 Å². The second kappa shape index (κ2) is 12.9. The first-order valence-electron chi connectivity index (χ1n) is 11.1. The van der Waals surface area contributed by atoms with Gasteiger partial charge in [0.2, 0.25) is 14.7 Å². The lowest BCUT2D eigenvalue weighted by molar-refractivity contribution is -0.192. The Morgan fingerprint density at radius 3 is 2.05 bits per heavy atom. The number of benzene rings is 1. The fourth-order valence-electron chi connectivity index (χ4n) is 4.15. The molecular weight excluding hydrogens is 519 g/mol. The number of ether oxygens (including phenoxy) is 1. The van der Waals surface area contributed by atoms with Gasteiger partial charge in [0.15, 0.2) is 0 Å². The van der Waals surface area contributed by atoms with Gasteiger partial charge < -0.3 is 9.84 Å². The highest BCUT2D eigenvalue weighted by Crippen LogP contribution is 2.40. The van der Waals surface area contributed by atoms with Crippen molar-refractivity contribution in [3.8, 4) is 0 Å². The maximum atomic E-state index is 13.8. The maximum Gasteiger partial charge on any atom is 0.490 e. The molecule has 37 heavy (non-hydrogen) atoms. The van der Waals surface area contributed by atoms with Gasteiger partial charge in [0.25, 0.3) is 5.91 Å². The number of hydrogen-bond donors (Lipinski definition) is 4. The van der Waals surface area contributed by atoms with Crippen LogP contribution in [-0.2, 0) is 30.7 Å². The number of hydrogen-bond acceptors (Lipinski definition) is 8. The highest BCUT2D eigenvalue weighted by Gasteiger charge is 2.57. The second-order valence-electron chi connectivity index (χ2n) is 8.21. The van der Waals surface area contributed by atoms with Crippen LogP contribution in [0.5, 0.6) is 0 Å². The topological polar surface area (TPSA) is 155 Å². The van der Waals surface area contributed by atoms with E-state index in [2.05, 4.69) is 10.3 Å². The first-order chi connectivity index (χ1) is 17.4. The second-order valence-corrected chi connectivity index (χ2v) is 10.3. The summed E-state index contributed by atoms with van der Waals surface area (Å²) >= 11 is 0. The van der Waals surface area contributed by atoms with Crippen molar-refractivity contribution in [1.29, 1.82) is 0 Å². The average Bonchev–Trinajstić information content (AvgIpc) is 2.90. The van der Waals surface area contributed by atoms with Crippen LogP contribution >= 0.6 is 0 Å². The normalized spacial score (nSPS) is 19.6. The van der Waals surface area contributed by atoms with Crippen LogP contribution in [0.15, 0.2) is 59.8 Å². The molecule has 1 saturated carbocycles. The highest BCUT2D eigenvalue weighted by molar-refractivity contribution is 7.93. The summed E-state index contributed by atoms with van der Waals surface area (Å²) < 4.78 is 64.8. The number of carboxylic acid groups (broad SMARTS) is 1. The number of methoxy groups -OCH3 is 1. The van der Waals surface area contributed by atoms with E-state index in [0.717, 1.165) is 5.56 Å². The number of carboxylic acids is 1. The van der Waals surface area contributed by atoms with Gasteiger partial charge in [-0.3, -0.25) is 20.3 Å². The van der Waals surface area contributed by atoms with Crippen molar-refractivity contribution in [3.63, 3.8) is 0 Å². The Bertz CT molecular complexity index is 1130.